The first-order valence-electron chi connectivity index (χ1n) is 35.6. The molecule has 5 saturated heterocycles. The number of nitrogens with zero attached hydrogens (tertiary/aromatic N) is 12. The lowest BCUT2D eigenvalue weighted by molar-refractivity contribution is -0.148. The lowest BCUT2D eigenvalue weighted by atomic mass is 9.97. The maximum atomic E-state index is 12.3. The molecule has 21 nitrogen and oxygen atoms in total. The van der Waals surface area contributed by atoms with Crippen LogP contribution in [-0.2, 0) is 33.9 Å². The summed E-state index contributed by atoms with van der Waals surface area (Å²) in [4.78, 5) is 48.8. The molecule has 530 valence electrons. The minimum atomic E-state index is -0.481. The summed E-state index contributed by atoms with van der Waals surface area (Å²) in [5, 5.41) is 38.8. The van der Waals surface area contributed by atoms with E-state index in [2.05, 4.69) is 175 Å². The summed E-state index contributed by atoms with van der Waals surface area (Å²) >= 11 is 0. The number of likely N-dealkylation sites (tertiary alicyclic amines) is 5. The maximum absolute atomic E-state index is 12.3. The number of ether oxygens (including phenoxy) is 2. The van der Waals surface area contributed by atoms with Crippen molar-refractivity contribution in [2.75, 3.05) is 72.1 Å². The summed E-state index contributed by atoms with van der Waals surface area (Å²) in [6.07, 6.45) is 1.94. The summed E-state index contributed by atoms with van der Waals surface area (Å²) in [6, 6.07) is 61.4. The van der Waals surface area contributed by atoms with Crippen LogP contribution in [0.4, 0.5) is 4.79 Å². The van der Waals surface area contributed by atoms with E-state index in [9.17, 15) is 9.59 Å². The zero-order valence-corrected chi connectivity index (χ0v) is 60.1. The summed E-state index contributed by atoms with van der Waals surface area (Å²) in [5.41, 5.74) is 12.2. The normalized spacial score (nSPS) is 22.7. The molecule has 21 heteroatoms. The predicted octanol–water partition coefficient (Wildman–Crippen LogP) is 13.1. The molecular formula is C80H101N17O4. The number of benzene rings is 6. The van der Waals surface area contributed by atoms with Crippen molar-refractivity contribution in [1.82, 2.24) is 70.0 Å². The van der Waals surface area contributed by atoms with Crippen molar-refractivity contribution < 1.29 is 19.1 Å². The van der Waals surface area contributed by atoms with Crippen LogP contribution in [0.15, 0.2) is 182 Å². The minimum Gasteiger partial charge on any atom is -0.466 e. The lowest BCUT2D eigenvalue weighted by Gasteiger charge is -2.24. The third-order valence-corrected chi connectivity index (χ3v) is 19.5. The molecule has 8 heterocycles. The maximum Gasteiger partial charge on any atom is 0.410 e. The number of H-pyrrole nitrogens is 3. The molecule has 9 aromatic rings. The van der Waals surface area contributed by atoms with Crippen molar-refractivity contribution >= 4 is 17.9 Å². The van der Waals surface area contributed by atoms with Crippen LogP contribution < -0.4 is 5.73 Å². The van der Waals surface area contributed by atoms with E-state index in [0.717, 1.165) is 118 Å². The number of rotatable bonds is 15. The van der Waals surface area contributed by atoms with Crippen LogP contribution in [-0.4, -0.2) is 166 Å². The van der Waals surface area contributed by atoms with Crippen LogP contribution in [0.5, 0.6) is 0 Å². The fourth-order valence-electron chi connectivity index (χ4n) is 14.1. The SMILES string of the molecule is CCOC(=O)[C@@H]1CN(Cc2ccccc2)C[C@H]1C.C[C@@H]1CN(C#N)C[C@H]1c1nc(-c2ccccc2)n[nH]1.C[C@@H]1CN(C(=O)OC(C)(C)C)C[C@H]1c1nc(-c2ccccc2)n[nH]1.C[C@@H]1CN(Cc2ccccc2)C[C@H]1C(=N)N.C[C@@H]1CN(Cc2ccccc2)C[C@H]1c1nc(-c2ccccc2)n[nH]1. The van der Waals surface area contributed by atoms with Gasteiger partial charge in [-0.15, -0.1) is 0 Å². The Morgan fingerprint density at radius 3 is 1.21 bits per heavy atom. The number of aromatic nitrogens is 9. The number of amides is 1. The highest BCUT2D eigenvalue weighted by Gasteiger charge is 2.39. The molecule has 6 N–H and O–H groups in total. The van der Waals surface area contributed by atoms with E-state index in [1.54, 1.807) is 9.80 Å². The van der Waals surface area contributed by atoms with Gasteiger partial charge in [0.1, 0.15) is 23.1 Å². The molecule has 5 aliphatic rings. The number of esters is 1. The highest BCUT2D eigenvalue weighted by Crippen LogP contribution is 2.35. The summed E-state index contributed by atoms with van der Waals surface area (Å²) in [6.45, 7) is 30.4. The average Bonchev–Trinajstić information content (AvgIpc) is 1.68. The fourth-order valence-corrected chi connectivity index (χ4v) is 14.1. The minimum absolute atomic E-state index is 0.0358. The smallest absolute Gasteiger partial charge is 0.410 e. The van der Waals surface area contributed by atoms with Crippen LogP contribution in [0.2, 0.25) is 0 Å². The standard InChI is InChI=1S/C20H22N4.C18H24N4O2.C15H21NO2.C14H15N5.C13H19N3/c1-15-12-24(13-16-8-4-2-5-9-16)14-18(15)20-21-19(22-23-20)17-10-6-3-7-11-17;1-12-10-22(17(23)24-18(2,3)4)11-14(12)16-19-15(20-21-16)13-8-6-5-7-9-13;1-3-18-15(17)14-11-16(9-12(14)2)10-13-7-5-4-6-8-13;1-10-7-19(9-15)8-12(10)14-16-13(17-18-14)11-5-3-2-4-6-11;1-10-7-16(9-12(10)13(14)15)8-11-5-3-2-4-6-11/h2-11,15,18H,12-14H2,1H3,(H,21,22,23);5-9,12,14H,10-11H2,1-4H3,(H,19,20,21);4-8,12,14H,3,9-11H2,1-2H3;2-6,10,12H,7-8H2,1H3,(H,16,17,18);2-6,10,12H,7-9H2,1H3,(H3,14,15)/t15-,18-;2*12-,14-;2*10-,12-/m11111/s1. The Morgan fingerprint density at radius 2 is 0.832 bits per heavy atom. The van der Waals surface area contributed by atoms with Crippen molar-refractivity contribution in [3.8, 4) is 40.4 Å². The number of hydrogen-bond acceptors (Lipinski definition) is 16. The second-order valence-electron chi connectivity index (χ2n) is 28.8. The van der Waals surface area contributed by atoms with E-state index in [0.29, 0.717) is 66.9 Å². The highest BCUT2D eigenvalue weighted by atomic mass is 16.6. The topological polar surface area (TPSA) is 267 Å². The van der Waals surface area contributed by atoms with E-state index >= 15 is 0 Å². The van der Waals surface area contributed by atoms with Gasteiger partial charge in [-0.2, -0.15) is 20.6 Å². The summed E-state index contributed by atoms with van der Waals surface area (Å²) in [5.74, 6) is 8.47. The van der Waals surface area contributed by atoms with Crippen molar-refractivity contribution in [2.24, 2.45) is 47.2 Å². The molecular weight excluding hydrogens is 1260 g/mol. The van der Waals surface area contributed by atoms with E-state index in [-0.39, 0.29) is 35.7 Å². The summed E-state index contributed by atoms with van der Waals surface area (Å²) in [7, 11) is 0. The van der Waals surface area contributed by atoms with Gasteiger partial charge in [-0.05, 0) is 74.0 Å². The molecule has 6 aromatic carbocycles. The number of carbonyl (C=O) groups is 2. The second-order valence-corrected chi connectivity index (χ2v) is 28.8. The highest BCUT2D eigenvalue weighted by molar-refractivity contribution is 5.80. The molecule has 0 saturated carbocycles. The van der Waals surface area contributed by atoms with Crippen LogP contribution in [0.25, 0.3) is 34.2 Å². The van der Waals surface area contributed by atoms with Crippen LogP contribution in [0.1, 0.15) is 114 Å². The quantitative estimate of drug-likeness (QED) is 0.0276. The van der Waals surface area contributed by atoms with Gasteiger partial charge in [-0.25, -0.2) is 19.7 Å². The van der Waals surface area contributed by atoms with Gasteiger partial charge in [-0.1, -0.05) is 217 Å². The number of nitrogens with one attached hydrogen (secondary N) is 4. The Morgan fingerprint density at radius 1 is 0.485 bits per heavy atom. The van der Waals surface area contributed by atoms with Crippen LogP contribution in [0.3, 0.4) is 0 Å². The lowest BCUT2D eigenvalue weighted by Crippen LogP contribution is -2.35. The summed E-state index contributed by atoms with van der Waals surface area (Å²) < 4.78 is 10.6. The van der Waals surface area contributed by atoms with E-state index in [4.69, 9.17) is 30.9 Å². The molecule has 3 aromatic heterocycles. The number of hydrogen-bond donors (Lipinski definition) is 5. The molecule has 0 bridgehead atoms. The van der Waals surface area contributed by atoms with E-state index in [1.807, 2.05) is 131 Å². The molecule has 10 atom stereocenters. The van der Waals surface area contributed by atoms with Crippen LogP contribution >= 0.6 is 0 Å². The van der Waals surface area contributed by atoms with Gasteiger partial charge in [0, 0.05) is 125 Å². The molecule has 0 unspecified atom stereocenters. The van der Waals surface area contributed by atoms with Crippen molar-refractivity contribution in [3.05, 3.63) is 216 Å². The predicted molar refractivity (Wildman–Crippen MR) is 395 cm³/mol. The first-order valence-corrected chi connectivity index (χ1v) is 35.6. The van der Waals surface area contributed by atoms with Gasteiger partial charge in [0.15, 0.2) is 23.7 Å². The molecule has 0 aliphatic carbocycles. The molecule has 14 rings (SSSR count). The number of aromatic amines is 3. The fraction of sp³-hybridized carbons (Fsp3) is 0.425. The third kappa shape index (κ3) is 20.9. The van der Waals surface area contributed by atoms with Crippen molar-refractivity contribution in [2.45, 2.75) is 105 Å². The Hall–Kier alpha value is -9.88. The van der Waals surface area contributed by atoms with Gasteiger partial charge in [0.25, 0.3) is 0 Å². The molecule has 5 aliphatic heterocycles. The first kappa shape index (κ1) is 73.8. The van der Waals surface area contributed by atoms with Crippen molar-refractivity contribution in [3.63, 3.8) is 0 Å². The molecule has 0 radical (unpaired) electrons. The first-order chi connectivity index (χ1) is 48.8. The van der Waals surface area contributed by atoms with E-state index < -0.39 is 5.60 Å². The Balaban J connectivity index is 0.000000137. The van der Waals surface area contributed by atoms with Gasteiger partial charge < -0.3 is 25.0 Å². The number of carbonyl (C=O) groups excluding carboxylic acids is 2. The number of nitriles is 1. The zero-order valence-electron chi connectivity index (χ0n) is 60.1. The zero-order chi connectivity index (χ0) is 71.4. The van der Waals surface area contributed by atoms with Crippen molar-refractivity contribution in [1.29, 1.82) is 10.7 Å². The second kappa shape index (κ2) is 35.4. The van der Waals surface area contributed by atoms with Gasteiger partial charge in [0.2, 0.25) is 0 Å². The largest absolute Gasteiger partial charge is 0.466 e. The van der Waals surface area contributed by atoms with E-state index in [1.165, 1.54) is 16.7 Å². The van der Waals surface area contributed by atoms with Gasteiger partial charge in [-0.3, -0.25) is 40.2 Å². The average molecular weight is 1360 g/mol. The molecule has 1 amide bonds. The Bertz CT molecular complexity index is 4030. The van der Waals surface area contributed by atoms with Crippen LogP contribution in [0, 0.1) is 58.3 Å². The number of amidine groups is 1. The molecule has 0 spiro atoms. The Kier molecular flexibility index (Phi) is 25.9. The monoisotopic (exact) mass is 1360 g/mol. The third-order valence-electron chi connectivity index (χ3n) is 19.5. The molecule has 101 heavy (non-hydrogen) atoms. The Labute approximate surface area is 595 Å². The van der Waals surface area contributed by atoms with Gasteiger partial charge in [0.05, 0.1) is 18.4 Å². The van der Waals surface area contributed by atoms with Gasteiger partial charge >= 0.3 is 12.1 Å². The number of nitrogens with two attached hydrogens (primary N) is 1. The molecule has 5 fully saturated rings.